The minimum Gasteiger partial charge on any atom is -0.370 e. The van der Waals surface area contributed by atoms with Gasteiger partial charge >= 0.3 is 0 Å². The number of fused-ring (bicyclic) bond motifs is 1. The van der Waals surface area contributed by atoms with Crippen LogP contribution in [0.1, 0.15) is 79.2 Å². The van der Waals surface area contributed by atoms with Crippen LogP contribution in [-0.2, 0) is 40.0 Å². The number of primary amides is 1. The molecule has 11 N–H and O–H groups in total. The Morgan fingerprint density at radius 2 is 1.31 bits per heavy atom. The fourth-order valence-corrected chi connectivity index (χ4v) is 6.44. The average molecular weight is 774 g/mol. The largest absolute Gasteiger partial charge is 0.370 e. The highest BCUT2D eigenvalue weighted by Crippen LogP contribution is 2.24. The Hall–Kier alpha value is -4.70. The molecule has 7 atom stereocenters. The van der Waals surface area contributed by atoms with Gasteiger partial charge in [0.2, 0.25) is 41.4 Å². The summed E-state index contributed by atoms with van der Waals surface area (Å²) in [6.07, 6.45) is 2.01. The third-order valence-corrected chi connectivity index (χ3v) is 9.77. The Kier molecular flexibility index (Phi) is 16.3. The van der Waals surface area contributed by atoms with Gasteiger partial charge in [-0.1, -0.05) is 59.6 Å². The molecule has 0 aliphatic carbocycles. The molecule has 54 heavy (non-hydrogen) atoms. The molecule has 17 heteroatoms. The number of hydrogen-bond donors (Lipinski definition) is 9. The van der Waals surface area contributed by atoms with Crippen LogP contribution in [0.5, 0.6) is 0 Å². The van der Waals surface area contributed by atoms with Gasteiger partial charge in [-0.3, -0.25) is 33.6 Å². The van der Waals surface area contributed by atoms with Gasteiger partial charge in [0.15, 0.2) is 0 Å². The number of H-pyrrole nitrogens is 1. The van der Waals surface area contributed by atoms with E-state index in [0.717, 1.165) is 5.52 Å². The van der Waals surface area contributed by atoms with Crippen molar-refractivity contribution in [2.75, 3.05) is 6.54 Å². The van der Waals surface area contributed by atoms with E-state index in [1.807, 2.05) is 20.8 Å². The number of nitrogens with one attached hydrogen (secondary N) is 7. The van der Waals surface area contributed by atoms with E-state index >= 15 is 0 Å². The first-order valence-electron chi connectivity index (χ1n) is 18.5. The number of aromatic amines is 1. The van der Waals surface area contributed by atoms with Crippen molar-refractivity contribution in [3.8, 4) is 0 Å². The first kappa shape index (κ1) is 43.7. The molecule has 0 spiro atoms. The maximum Gasteiger partial charge on any atom is 0.243 e. The number of hydrogen-bond acceptors (Lipinski definition) is 8. The van der Waals surface area contributed by atoms with Crippen molar-refractivity contribution in [2.45, 2.75) is 116 Å². The highest BCUT2D eigenvalue weighted by Gasteiger charge is 2.37. The van der Waals surface area contributed by atoms with Crippen LogP contribution in [0.25, 0.3) is 10.9 Å². The summed E-state index contributed by atoms with van der Waals surface area (Å²) in [5.74, 6) is -6.20. The van der Waals surface area contributed by atoms with Gasteiger partial charge < -0.3 is 48.4 Å². The van der Waals surface area contributed by atoms with Crippen molar-refractivity contribution >= 4 is 63.9 Å². The molecule has 298 valence electrons. The summed E-state index contributed by atoms with van der Waals surface area (Å²) in [6.45, 7) is 11.0. The molecule has 7 amide bonds. The lowest BCUT2D eigenvalue weighted by molar-refractivity contribution is -0.138. The number of halogens is 1. The van der Waals surface area contributed by atoms with Crippen molar-refractivity contribution in [1.29, 1.82) is 0 Å². The second-order valence-electron chi connectivity index (χ2n) is 14.8. The minimum atomic E-state index is -1.55. The summed E-state index contributed by atoms with van der Waals surface area (Å²) in [6, 6.07) is -2.30. The van der Waals surface area contributed by atoms with E-state index in [0.29, 0.717) is 28.8 Å². The van der Waals surface area contributed by atoms with Crippen LogP contribution in [0.15, 0.2) is 24.4 Å². The molecular formula is C37H56ClN9O7. The predicted octanol–water partition coefficient (Wildman–Crippen LogP) is 0.649. The lowest BCUT2D eigenvalue weighted by atomic mass is 9.95. The highest BCUT2D eigenvalue weighted by molar-refractivity contribution is 6.31. The van der Waals surface area contributed by atoms with Gasteiger partial charge in [0.1, 0.15) is 36.3 Å². The topological polar surface area (TPSA) is 260 Å². The maximum atomic E-state index is 14.2. The second-order valence-corrected chi connectivity index (χ2v) is 15.2. The third-order valence-electron chi connectivity index (χ3n) is 9.53. The summed E-state index contributed by atoms with van der Waals surface area (Å²) < 4.78 is 0. The Morgan fingerprint density at radius 3 is 1.93 bits per heavy atom. The average Bonchev–Trinajstić information content (AvgIpc) is 3.49. The number of aromatic nitrogens is 1. The van der Waals surface area contributed by atoms with Gasteiger partial charge in [-0.2, -0.15) is 0 Å². The fraction of sp³-hybridized carbons (Fsp3) is 0.595. The molecule has 1 aromatic heterocycles. The number of benzene rings is 1. The molecule has 1 aliphatic heterocycles. The number of nitrogens with two attached hydrogens (primary N) is 2. The molecule has 16 nitrogen and oxygen atoms in total. The van der Waals surface area contributed by atoms with E-state index in [-0.39, 0.29) is 31.7 Å². The van der Waals surface area contributed by atoms with E-state index in [1.54, 1.807) is 45.2 Å². The van der Waals surface area contributed by atoms with Gasteiger partial charge in [0.05, 0.1) is 6.42 Å². The summed E-state index contributed by atoms with van der Waals surface area (Å²) in [7, 11) is 0. The molecular weight excluding hydrogens is 718 g/mol. The first-order valence-corrected chi connectivity index (χ1v) is 18.9. The van der Waals surface area contributed by atoms with Gasteiger partial charge in [-0.05, 0) is 67.3 Å². The number of rotatable bonds is 12. The number of amides is 7. The van der Waals surface area contributed by atoms with E-state index < -0.39 is 95.9 Å². The standard InChI is InChI=1S/C37H56ClN9O7/c1-7-20(6)31-37(54)42-25(9-8-12-39)32(49)44-28(16-29(40)48)33(50)43-27(14-21-17-41-24-11-10-22(38)15-23(21)24)35(52)46-30(19(4)5)36(53)45-26(13-18(2)3)34(51)47-31/h10-11,15,17-20,25-28,30-31,41H,7-9,12-14,16,39H2,1-6H3,(H2,40,48)(H,42,54)(H,43,50)(H,44,49)(H,45,53)(H,46,52)(H,47,51)/t20-,25+,26-,27+,28-,30-,31+/m1/s1. The molecule has 0 radical (unpaired) electrons. The van der Waals surface area contributed by atoms with E-state index in [9.17, 15) is 33.6 Å². The zero-order valence-corrected chi connectivity index (χ0v) is 32.6. The van der Waals surface area contributed by atoms with Crippen molar-refractivity contribution in [2.24, 2.45) is 29.2 Å². The lowest BCUT2D eigenvalue weighted by Crippen LogP contribution is -2.63. The maximum absolute atomic E-state index is 14.2. The molecule has 2 heterocycles. The zero-order valence-electron chi connectivity index (χ0n) is 31.8. The van der Waals surface area contributed by atoms with Crippen LogP contribution < -0.4 is 43.4 Å². The molecule has 1 aromatic carbocycles. The molecule has 0 unspecified atom stereocenters. The Morgan fingerprint density at radius 1 is 0.759 bits per heavy atom. The predicted molar refractivity (Wildman–Crippen MR) is 204 cm³/mol. The third kappa shape index (κ3) is 12.2. The summed E-state index contributed by atoms with van der Waals surface area (Å²) in [4.78, 5) is 98.8. The molecule has 2 aromatic rings. The molecule has 0 bridgehead atoms. The first-order chi connectivity index (χ1) is 25.4. The van der Waals surface area contributed by atoms with E-state index in [4.69, 9.17) is 23.1 Å². The van der Waals surface area contributed by atoms with Crippen LogP contribution >= 0.6 is 11.6 Å². The minimum absolute atomic E-state index is 0.0520. The van der Waals surface area contributed by atoms with E-state index in [2.05, 4.69) is 36.9 Å². The number of carbonyl (C=O) groups is 7. The van der Waals surface area contributed by atoms with E-state index in [1.165, 1.54) is 0 Å². The highest BCUT2D eigenvalue weighted by atomic mass is 35.5. The molecule has 1 fully saturated rings. The van der Waals surface area contributed by atoms with Gasteiger partial charge in [0, 0.05) is 28.5 Å². The van der Waals surface area contributed by atoms with Gasteiger partial charge in [-0.25, -0.2) is 0 Å². The summed E-state index contributed by atoms with van der Waals surface area (Å²) in [5.41, 5.74) is 12.6. The van der Waals surface area contributed by atoms with Gasteiger partial charge in [0.25, 0.3) is 0 Å². The van der Waals surface area contributed by atoms with Crippen LogP contribution in [0, 0.1) is 17.8 Å². The summed E-state index contributed by atoms with van der Waals surface area (Å²) in [5, 5.41) is 17.3. The van der Waals surface area contributed by atoms with Crippen LogP contribution in [0.4, 0.5) is 0 Å². The fourth-order valence-electron chi connectivity index (χ4n) is 6.27. The van der Waals surface area contributed by atoms with Crippen molar-refractivity contribution < 1.29 is 33.6 Å². The Balaban J connectivity index is 2.15. The van der Waals surface area contributed by atoms with Gasteiger partial charge in [-0.15, -0.1) is 0 Å². The van der Waals surface area contributed by atoms with Crippen molar-refractivity contribution in [1.82, 2.24) is 36.9 Å². The SMILES string of the molecule is CC[C@@H](C)[C@@H]1NC(=O)[C@@H](CC(C)C)NC(=O)[C@@H](C(C)C)NC(=O)[C@H](Cc2c[nH]c3ccc(Cl)cc23)NC(=O)[C@@H](CC(N)=O)NC(=O)[C@H](CCCN)NC1=O. The molecule has 0 saturated carbocycles. The van der Waals surface area contributed by atoms with Crippen LogP contribution in [0.3, 0.4) is 0 Å². The quantitative estimate of drug-likeness (QED) is 0.148. The second kappa shape index (κ2) is 20.1. The summed E-state index contributed by atoms with van der Waals surface area (Å²) >= 11 is 6.27. The molecule has 1 aliphatic rings. The van der Waals surface area contributed by atoms with Crippen molar-refractivity contribution in [3.63, 3.8) is 0 Å². The van der Waals surface area contributed by atoms with Crippen LogP contribution in [0.2, 0.25) is 5.02 Å². The smallest absolute Gasteiger partial charge is 0.243 e. The van der Waals surface area contributed by atoms with Crippen molar-refractivity contribution in [3.05, 3.63) is 35.0 Å². The van der Waals surface area contributed by atoms with Crippen LogP contribution in [-0.4, -0.2) is 89.1 Å². The Labute approximate surface area is 320 Å². The number of carbonyl (C=O) groups excluding carboxylic acids is 7. The molecule has 1 saturated heterocycles. The lowest BCUT2D eigenvalue weighted by Gasteiger charge is -2.31. The zero-order chi connectivity index (χ0) is 40.3. The Bertz CT molecular complexity index is 1680. The normalized spacial score (nSPS) is 24.5. The molecule has 3 rings (SSSR count). The monoisotopic (exact) mass is 773 g/mol.